The molecule has 7 nitrogen and oxygen atoms in total. The third-order valence-corrected chi connectivity index (χ3v) is 3.68. The average molecular weight is 297 g/mol. The number of nitrogens with zero attached hydrogens (tertiary/aromatic N) is 2. The number of sulfonamides is 1. The second kappa shape index (κ2) is 5.21. The number of aromatic nitrogens is 1. The number of hydrogen-bond donors (Lipinski definition) is 1. The Balaban J connectivity index is 2.44. The zero-order valence-electron chi connectivity index (χ0n) is 9.86. The summed E-state index contributed by atoms with van der Waals surface area (Å²) in [4.78, 5) is 13.0. The normalized spacial score (nSPS) is 11.1. The molecule has 9 heteroatoms. The number of nitrogens with one attached hydrogen (secondary N) is 1. The van der Waals surface area contributed by atoms with E-state index in [0.29, 0.717) is 0 Å². The molecule has 0 unspecified atom stereocenters. The van der Waals surface area contributed by atoms with Crippen molar-refractivity contribution in [1.82, 2.24) is 4.98 Å². The topological polar surface area (TPSA) is 102 Å². The van der Waals surface area contributed by atoms with Gasteiger partial charge in [0.2, 0.25) is 11.8 Å². The fourth-order valence-corrected chi connectivity index (χ4v) is 2.47. The van der Waals surface area contributed by atoms with E-state index < -0.39 is 32.4 Å². The second-order valence-corrected chi connectivity index (χ2v) is 5.36. The summed E-state index contributed by atoms with van der Waals surface area (Å²) in [5.41, 5.74) is -0.633. The van der Waals surface area contributed by atoms with Gasteiger partial charge in [-0.3, -0.25) is 14.8 Å². The van der Waals surface area contributed by atoms with Gasteiger partial charge in [0, 0.05) is 12.1 Å². The fraction of sp³-hybridized carbons (Fsp3) is 0. The standard InChI is InChI=1S/C11H8FN3O4S/c12-10-7-6-9(15(16)17)11(13-10)14-20(18,19)8-4-2-1-3-5-8/h1-7H,(H,13,14). The maximum absolute atomic E-state index is 13.0. The molecular weight excluding hydrogens is 289 g/mol. The van der Waals surface area contributed by atoms with Crippen molar-refractivity contribution in [2.24, 2.45) is 0 Å². The number of halogens is 1. The van der Waals surface area contributed by atoms with E-state index in [1.165, 1.54) is 24.3 Å². The zero-order valence-corrected chi connectivity index (χ0v) is 10.7. The van der Waals surface area contributed by atoms with Gasteiger partial charge in [0.25, 0.3) is 10.0 Å². The molecule has 1 N–H and O–H groups in total. The number of pyridine rings is 1. The molecule has 20 heavy (non-hydrogen) atoms. The summed E-state index contributed by atoms with van der Waals surface area (Å²) in [6.45, 7) is 0. The highest BCUT2D eigenvalue weighted by molar-refractivity contribution is 7.92. The highest BCUT2D eigenvalue weighted by Gasteiger charge is 2.22. The Bertz CT molecular complexity index is 750. The summed E-state index contributed by atoms with van der Waals surface area (Å²) >= 11 is 0. The summed E-state index contributed by atoms with van der Waals surface area (Å²) in [6.07, 6.45) is 0. The monoisotopic (exact) mass is 297 g/mol. The number of rotatable bonds is 4. The van der Waals surface area contributed by atoms with Crippen LogP contribution in [0.25, 0.3) is 0 Å². The Morgan fingerprint density at radius 2 is 1.80 bits per heavy atom. The largest absolute Gasteiger partial charge is 0.312 e. The Kier molecular flexibility index (Phi) is 3.61. The summed E-state index contributed by atoms with van der Waals surface area (Å²) in [5, 5.41) is 10.8. The van der Waals surface area contributed by atoms with Gasteiger partial charge in [0.05, 0.1) is 9.82 Å². The molecule has 104 valence electrons. The lowest BCUT2D eigenvalue weighted by atomic mass is 10.4. The lowest BCUT2D eigenvalue weighted by Gasteiger charge is -2.07. The van der Waals surface area contributed by atoms with E-state index in [-0.39, 0.29) is 4.90 Å². The van der Waals surface area contributed by atoms with Crippen LogP contribution >= 0.6 is 0 Å². The summed E-state index contributed by atoms with van der Waals surface area (Å²) in [5.74, 6) is -1.69. The molecule has 1 aromatic heterocycles. The predicted octanol–water partition coefficient (Wildman–Crippen LogP) is 1.93. The van der Waals surface area contributed by atoms with Crippen LogP contribution in [-0.4, -0.2) is 18.3 Å². The van der Waals surface area contributed by atoms with Crippen molar-refractivity contribution >= 4 is 21.5 Å². The molecule has 0 amide bonds. The van der Waals surface area contributed by atoms with E-state index >= 15 is 0 Å². The van der Waals surface area contributed by atoms with Gasteiger partial charge in [-0.2, -0.15) is 9.37 Å². The molecule has 2 aromatic rings. The molecule has 0 bridgehead atoms. The minimum absolute atomic E-state index is 0.111. The first-order valence-electron chi connectivity index (χ1n) is 5.29. The van der Waals surface area contributed by atoms with Crippen molar-refractivity contribution < 1.29 is 17.7 Å². The van der Waals surface area contributed by atoms with Crippen molar-refractivity contribution in [3.63, 3.8) is 0 Å². The van der Waals surface area contributed by atoms with Crippen molar-refractivity contribution in [2.45, 2.75) is 4.90 Å². The van der Waals surface area contributed by atoms with E-state index in [2.05, 4.69) is 4.98 Å². The minimum atomic E-state index is -4.07. The molecule has 0 fully saturated rings. The lowest BCUT2D eigenvalue weighted by Crippen LogP contribution is -2.15. The molecule has 0 atom stereocenters. The number of hydrogen-bond acceptors (Lipinski definition) is 5. The van der Waals surface area contributed by atoms with Crippen LogP contribution in [-0.2, 0) is 10.0 Å². The van der Waals surface area contributed by atoms with E-state index in [1.54, 1.807) is 6.07 Å². The first-order chi connectivity index (χ1) is 9.40. The summed E-state index contributed by atoms with van der Waals surface area (Å²) in [7, 11) is -4.07. The molecule has 0 aliphatic heterocycles. The van der Waals surface area contributed by atoms with E-state index in [4.69, 9.17) is 0 Å². The number of anilines is 1. The Labute approximate surface area is 113 Å². The van der Waals surface area contributed by atoms with Crippen LogP contribution in [0.4, 0.5) is 15.9 Å². The van der Waals surface area contributed by atoms with Gasteiger partial charge < -0.3 is 0 Å². The Morgan fingerprint density at radius 3 is 2.40 bits per heavy atom. The third kappa shape index (κ3) is 2.88. The lowest BCUT2D eigenvalue weighted by molar-refractivity contribution is -0.384. The first kappa shape index (κ1) is 13.9. The van der Waals surface area contributed by atoms with Gasteiger partial charge in [-0.15, -0.1) is 0 Å². The maximum Gasteiger partial charge on any atom is 0.312 e. The van der Waals surface area contributed by atoms with Crippen LogP contribution in [0.3, 0.4) is 0 Å². The van der Waals surface area contributed by atoms with Crippen molar-refractivity contribution in [3.8, 4) is 0 Å². The van der Waals surface area contributed by atoms with Crippen LogP contribution in [0.5, 0.6) is 0 Å². The van der Waals surface area contributed by atoms with Crippen LogP contribution in [0, 0.1) is 16.1 Å². The van der Waals surface area contributed by atoms with E-state index in [9.17, 15) is 22.9 Å². The number of benzene rings is 1. The molecule has 0 saturated heterocycles. The van der Waals surface area contributed by atoms with E-state index in [1.807, 2.05) is 4.72 Å². The average Bonchev–Trinajstić information content (AvgIpc) is 2.39. The minimum Gasteiger partial charge on any atom is -0.258 e. The first-order valence-corrected chi connectivity index (χ1v) is 6.77. The van der Waals surface area contributed by atoms with Crippen LogP contribution < -0.4 is 4.72 Å². The second-order valence-electron chi connectivity index (χ2n) is 3.68. The Hall–Kier alpha value is -2.55. The van der Waals surface area contributed by atoms with E-state index in [0.717, 1.165) is 12.1 Å². The zero-order chi connectivity index (χ0) is 14.8. The quantitative estimate of drug-likeness (QED) is 0.527. The van der Waals surface area contributed by atoms with Crippen LogP contribution in [0.2, 0.25) is 0 Å². The van der Waals surface area contributed by atoms with Crippen molar-refractivity contribution in [1.29, 1.82) is 0 Å². The van der Waals surface area contributed by atoms with Gasteiger partial charge in [-0.25, -0.2) is 8.42 Å². The third-order valence-electron chi connectivity index (χ3n) is 2.32. The van der Waals surface area contributed by atoms with Gasteiger partial charge in [0.1, 0.15) is 0 Å². The number of nitro groups is 1. The highest BCUT2D eigenvalue weighted by atomic mass is 32.2. The van der Waals surface area contributed by atoms with Crippen LogP contribution in [0.15, 0.2) is 47.4 Å². The fourth-order valence-electron chi connectivity index (χ4n) is 1.44. The molecule has 1 aromatic carbocycles. The van der Waals surface area contributed by atoms with Crippen molar-refractivity contribution in [2.75, 3.05) is 4.72 Å². The summed E-state index contributed by atoms with van der Waals surface area (Å²) < 4.78 is 38.9. The molecular formula is C11H8FN3O4S. The van der Waals surface area contributed by atoms with Crippen molar-refractivity contribution in [3.05, 3.63) is 58.5 Å². The Morgan fingerprint density at radius 1 is 1.15 bits per heavy atom. The molecule has 0 saturated carbocycles. The summed E-state index contributed by atoms with van der Waals surface area (Å²) in [6, 6.07) is 8.80. The SMILES string of the molecule is O=[N+]([O-])c1ccc(F)nc1NS(=O)(=O)c1ccccc1. The molecule has 1 heterocycles. The van der Waals surface area contributed by atoms with Crippen LogP contribution in [0.1, 0.15) is 0 Å². The molecule has 0 spiro atoms. The maximum atomic E-state index is 13.0. The predicted molar refractivity (Wildman–Crippen MR) is 68.1 cm³/mol. The molecule has 0 aliphatic carbocycles. The van der Waals surface area contributed by atoms with Gasteiger partial charge in [-0.05, 0) is 12.1 Å². The van der Waals surface area contributed by atoms with Gasteiger partial charge in [0.15, 0.2) is 0 Å². The van der Waals surface area contributed by atoms with Gasteiger partial charge in [-0.1, -0.05) is 18.2 Å². The molecule has 0 radical (unpaired) electrons. The molecule has 0 aliphatic rings. The molecule has 2 rings (SSSR count). The smallest absolute Gasteiger partial charge is 0.258 e. The highest BCUT2D eigenvalue weighted by Crippen LogP contribution is 2.24. The van der Waals surface area contributed by atoms with Gasteiger partial charge >= 0.3 is 5.69 Å².